The summed E-state index contributed by atoms with van der Waals surface area (Å²) in [7, 11) is 0. The Morgan fingerprint density at radius 3 is 2.63 bits per heavy atom. The molecule has 1 amide bonds. The molecule has 3 N–H and O–H groups in total. The van der Waals surface area contributed by atoms with Crippen molar-refractivity contribution in [2.45, 2.75) is 26.4 Å². The molecule has 1 aliphatic heterocycles. The topological polar surface area (TPSA) is 83.6 Å². The van der Waals surface area contributed by atoms with E-state index < -0.39 is 5.97 Å². The van der Waals surface area contributed by atoms with Crippen LogP contribution in [0, 0.1) is 5.92 Å². The average molecular weight is 262 g/mol. The predicted octanol–water partition coefficient (Wildman–Crippen LogP) is 1.21. The molecule has 2 rings (SSSR count). The summed E-state index contributed by atoms with van der Waals surface area (Å²) in [6.45, 7) is 3.32. The highest BCUT2D eigenvalue weighted by molar-refractivity contribution is 5.88. The first-order valence-electron chi connectivity index (χ1n) is 6.40. The first kappa shape index (κ1) is 13.5. The summed E-state index contributed by atoms with van der Waals surface area (Å²) in [4.78, 5) is 24.9. The zero-order chi connectivity index (χ0) is 14.0. The van der Waals surface area contributed by atoms with Gasteiger partial charge in [0.15, 0.2) is 0 Å². The normalized spacial score (nSPS) is 15.2. The van der Waals surface area contributed by atoms with Gasteiger partial charge in [0, 0.05) is 19.6 Å². The van der Waals surface area contributed by atoms with Crippen molar-refractivity contribution in [2.24, 2.45) is 11.7 Å². The Kier molecular flexibility index (Phi) is 3.85. The minimum Gasteiger partial charge on any atom is -0.478 e. The van der Waals surface area contributed by atoms with E-state index in [1.165, 1.54) is 0 Å². The van der Waals surface area contributed by atoms with Gasteiger partial charge in [0.2, 0.25) is 5.91 Å². The molecular weight excluding hydrogens is 244 g/mol. The van der Waals surface area contributed by atoms with Gasteiger partial charge < -0.3 is 15.7 Å². The Morgan fingerprint density at radius 1 is 1.37 bits per heavy atom. The number of fused-ring (bicyclic) bond motifs is 1. The van der Waals surface area contributed by atoms with Crippen LogP contribution in [0.5, 0.6) is 0 Å². The number of nitrogens with zero attached hydrogens (tertiary/aromatic N) is 1. The molecule has 1 aromatic carbocycles. The van der Waals surface area contributed by atoms with E-state index in [2.05, 4.69) is 0 Å². The Labute approximate surface area is 112 Å². The van der Waals surface area contributed by atoms with E-state index in [1.54, 1.807) is 23.1 Å². The summed E-state index contributed by atoms with van der Waals surface area (Å²) >= 11 is 0. The first-order valence-corrected chi connectivity index (χ1v) is 6.40. The van der Waals surface area contributed by atoms with Gasteiger partial charge in [-0.05, 0) is 29.7 Å². The lowest BCUT2D eigenvalue weighted by Crippen LogP contribution is -2.35. The minimum atomic E-state index is -0.944. The molecule has 0 saturated carbocycles. The predicted molar refractivity (Wildman–Crippen MR) is 70.5 cm³/mol. The van der Waals surface area contributed by atoms with Gasteiger partial charge in [-0.25, -0.2) is 4.79 Å². The summed E-state index contributed by atoms with van der Waals surface area (Å²) < 4.78 is 0. The van der Waals surface area contributed by atoms with Gasteiger partial charge in [0.05, 0.1) is 11.5 Å². The van der Waals surface area contributed by atoms with Crippen LogP contribution < -0.4 is 5.73 Å². The molecule has 19 heavy (non-hydrogen) atoms. The van der Waals surface area contributed by atoms with Crippen molar-refractivity contribution in [3.63, 3.8) is 0 Å². The van der Waals surface area contributed by atoms with E-state index in [0.717, 1.165) is 17.5 Å². The lowest BCUT2D eigenvalue weighted by Gasteiger charge is -2.21. The number of carboxylic acid groups (broad SMARTS) is 1. The van der Waals surface area contributed by atoms with Gasteiger partial charge in [-0.1, -0.05) is 13.0 Å². The molecule has 1 atom stereocenters. The van der Waals surface area contributed by atoms with Crippen LogP contribution in [0.1, 0.15) is 34.8 Å². The second kappa shape index (κ2) is 5.40. The minimum absolute atomic E-state index is 0.0538. The molecule has 5 nitrogen and oxygen atoms in total. The number of carboxylic acids is 1. The van der Waals surface area contributed by atoms with Crippen LogP contribution in [0.3, 0.4) is 0 Å². The van der Waals surface area contributed by atoms with Gasteiger partial charge >= 0.3 is 5.97 Å². The fourth-order valence-electron chi connectivity index (χ4n) is 2.38. The van der Waals surface area contributed by atoms with Crippen LogP contribution in [0.2, 0.25) is 0 Å². The molecule has 102 valence electrons. The van der Waals surface area contributed by atoms with Crippen molar-refractivity contribution >= 4 is 11.9 Å². The Balaban J connectivity index is 2.16. The molecule has 1 heterocycles. The van der Waals surface area contributed by atoms with E-state index in [9.17, 15) is 9.59 Å². The Bertz CT molecular complexity index is 509. The largest absolute Gasteiger partial charge is 0.478 e. The zero-order valence-electron chi connectivity index (χ0n) is 10.9. The smallest absolute Gasteiger partial charge is 0.335 e. The van der Waals surface area contributed by atoms with Crippen molar-refractivity contribution in [2.75, 3.05) is 6.54 Å². The highest BCUT2D eigenvalue weighted by atomic mass is 16.4. The molecule has 0 radical (unpaired) electrons. The number of carbonyl (C=O) groups excluding carboxylic acids is 1. The lowest BCUT2D eigenvalue weighted by molar-refractivity contribution is -0.135. The van der Waals surface area contributed by atoms with Crippen LogP contribution in [-0.4, -0.2) is 28.4 Å². The SMILES string of the molecule is CCC(CN)C(=O)N1Cc2ccc(C(=O)O)cc2C1. The molecular formula is C14H18N2O3. The number of hydrogen-bond donors (Lipinski definition) is 2. The van der Waals surface area contributed by atoms with Crippen molar-refractivity contribution in [3.8, 4) is 0 Å². The number of amides is 1. The highest BCUT2D eigenvalue weighted by Crippen LogP contribution is 2.25. The van der Waals surface area contributed by atoms with Gasteiger partial charge in [0.1, 0.15) is 0 Å². The van der Waals surface area contributed by atoms with Crippen LogP contribution in [0.15, 0.2) is 18.2 Å². The van der Waals surface area contributed by atoms with Gasteiger partial charge in [0.25, 0.3) is 0 Å². The lowest BCUT2D eigenvalue weighted by atomic mass is 10.1. The Morgan fingerprint density at radius 2 is 2.05 bits per heavy atom. The van der Waals surface area contributed by atoms with E-state index in [-0.39, 0.29) is 17.4 Å². The van der Waals surface area contributed by atoms with Crippen LogP contribution >= 0.6 is 0 Å². The molecule has 1 unspecified atom stereocenters. The van der Waals surface area contributed by atoms with Crippen molar-refractivity contribution in [1.82, 2.24) is 4.90 Å². The van der Waals surface area contributed by atoms with Gasteiger partial charge in [-0.3, -0.25) is 4.79 Å². The average Bonchev–Trinajstić information content (AvgIpc) is 2.82. The van der Waals surface area contributed by atoms with Crippen LogP contribution in [0.4, 0.5) is 0 Å². The van der Waals surface area contributed by atoms with E-state index in [0.29, 0.717) is 19.6 Å². The highest BCUT2D eigenvalue weighted by Gasteiger charge is 2.27. The third-order valence-electron chi connectivity index (χ3n) is 3.61. The van der Waals surface area contributed by atoms with Crippen LogP contribution in [-0.2, 0) is 17.9 Å². The molecule has 0 aromatic heterocycles. The monoisotopic (exact) mass is 262 g/mol. The summed E-state index contributed by atoms with van der Waals surface area (Å²) in [5, 5.41) is 8.96. The summed E-state index contributed by atoms with van der Waals surface area (Å²) in [6, 6.07) is 5.01. The summed E-state index contributed by atoms with van der Waals surface area (Å²) in [5.74, 6) is -1.03. The van der Waals surface area contributed by atoms with Gasteiger partial charge in [-0.15, -0.1) is 0 Å². The fraction of sp³-hybridized carbons (Fsp3) is 0.429. The number of nitrogens with two attached hydrogens (primary N) is 1. The third-order valence-corrected chi connectivity index (χ3v) is 3.61. The van der Waals surface area contributed by atoms with E-state index >= 15 is 0 Å². The maximum atomic E-state index is 12.2. The number of rotatable bonds is 4. The van der Waals surface area contributed by atoms with Crippen LogP contribution in [0.25, 0.3) is 0 Å². The quantitative estimate of drug-likeness (QED) is 0.854. The summed E-state index contributed by atoms with van der Waals surface area (Å²) in [6.07, 6.45) is 0.725. The molecule has 1 aromatic rings. The molecule has 1 aliphatic rings. The molecule has 5 heteroatoms. The molecule has 0 fully saturated rings. The zero-order valence-corrected chi connectivity index (χ0v) is 10.9. The molecule has 0 saturated heterocycles. The third kappa shape index (κ3) is 2.61. The van der Waals surface area contributed by atoms with Crippen molar-refractivity contribution in [3.05, 3.63) is 34.9 Å². The second-order valence-corrected chi connectivity index (χ2v) is 4.82. The van der Waals surface area contributed by atoms with E-state index in [4.69, 9.17) is 10.8 Å². The number of benzene rings is 1. The maximum Gasteiger partial charge on any atom is 0.335 e. The molecule has 0 aliphatic carbocycles. The Hall–Kier alpha value is -1.88. The summed E-state index contributed by atoms with van der Waals surface area (Å²) in [5.41, 5.74) is 7.79. The first-order chi connectivity index (χ1) is 9.06. The van der Waals surface area contributed by atoms with Crippen molar-refractivity contribution < 1.29 is 14.7 Å². The molecule has 0 spiro atoms. The molecule has 0 bridgehead atoms. The number of aromatic carboxylic acids is 1. The van der Waals surface area contributed by atoms with E-state index in [1.807, 2.05) is 6.92 Å². The maximum absolute atomic E-state index is 12.2. The second-order valence-electron chi connectivity index (χ2n) is 4.82. The fourth-order valence-corrected chi connectivity index (χ4v) is 2.38. The van der Waals surface area contributed by atoms with Crippen molar-refractivity contribution in [1.29, 1.82) is 0 Å². The number of carbonyl (C=O) groups is 2. The standard InChI is InChI=1S/C14H18N2O3/c1-2-9(6-15)13(17)16-7-11-4-3-10(14(18)19)5-12(11)8-16/h3-5,9H,2,6-8,15H2,1H3,(H,18,19). The van der Waals surface area contributed by atoms with Gasteiger partial charge in [-0.2, -0.15) is 0 Å². The number of hydrogen-bond acceptors (Lipinski definition) is 3.